The summed E-state index contributed by atoms with van der Waals surface area (Å²) < 4.78 is 12.3. The third-order valence-electron chi connectivity index (χ3n) is 4.73. The van der Waals surface area contributed by atoms with Gasteiger partial charge in [0.1, 0.15) is 17.0 Å². The number of H-pyrrole nitrogens is 1. The smallest absolute Gasteiger partial charge is 0.332 e. The van der Waals surface area contributed by atoms with Gasteiger partial charge < -0.3 is 19.8 Å². The molecule has 158 valence electrons. The zero-order valence-electron chi connectivity index (χ0n) is 17.3. The van der Waals surface area contributed by atoms with Crippen molar-refractivity contribution in [1.29, 1.82) is 0 Å². The number of carbonyl (C=O) groups excluding carboxylic acids is 1. The molecule has 0 bridgehead atoms. The summed E-state index contributed by atoms with van der Waals surface area (Å²) in [4.78, 5) is 37.2. The summed E-state index contributed by atoms with van der Waals surface area (Å²) in [5.74, 6) is 1.07. The summed E-state index contributed by atoms with van der Waals surface area (Å²) in [6.07, 6.45) is 0. The first-order chi connectivity index (χ1) is 15.1. The first-order valence-electron chi connectivity index (χ1n) is 9.68. The lowest BCUT2D eigenvalue weighted by Gasteiger charge is -2.10. The number of para-hydroxylation sites is 2. The van der Waals surface area contributed by atoms with Crippen molar-refractivity contribution in [3.63, 3.8) is 0 Å². The van der Waals surface area contributed by atoms with E-state index in [9.17, 15) is 9.59 Å². The maximum absolute atomic E-state index is 12.9. The number of amides is 1. The number of methoxy groups -OCH3 is 1. The topological polar surface area (TPSA) is 111 Å². The molecular weight excluding hydrogens is 398 g/mol. The molecule has 0 saturated heterocycles. The number of aromatic nitrogens is 4. The van der Waals surface area contributed by atoms with E-state index in [1.54, 1.807) is 48.5 Å². The van der Waals surface area contributed by atoms with Crippen molar-refractivity contribution in [3.8, 4) is 28.6 Å². The van der Waals surface area contributed by atoms with Crippen LogP contribution in [0.2, 0.25) is 0 Å². The summed E-state index contributed by atoms with van der Waals surface area (Å²) in [6, 6.07) is 14.3. The molecule has 9 nitrogen and oxygen atoms in total. The normalized spacial score (nSPS) is 10.8. The number of hydrogen-bond donors (Lipinski definition) is 2. The summed E-state index contributed by atoms with van der Waals surface area (Å²) in [6.45, 7) is 2.46. The average molecular weight is 419 g/mol. The van der Waals surface area contributed by atoms with Gasteiger partial charge in [-0.05, 0) is 43.3 Å². The standard InChI is InChI=1S/C22H21N5O4/c1-4-31-14-11-9-13(10-12-14)19-24-18(21(28)23-2)17-20(26-19)27(22(29)25-17)15-7-5-6-8-16(15)30-3/h5-12H,4H2,1-3H3,(H,23,28)(H,25,29). The average Bonchev–Trinajstić information content (AvgIpc) is 3.14. The molecule has 0 fully saturated rings. The minimum Gasteiger partial charge on any atom is -0.495 e. The number of aromatic amines is 1. The van der Waals surface area contributed by atoms with Crippen molar-refractivity contribution in [3.05, 3.63) is 64.7 Å². The molecule has 2 N–H and O–H groups in total. The maximum atomic E-state index is 12.9. The molecule has 0 unspecified atom stereocenters. The van der Waals surface area contributed by atoms with Crippen LogP contribution in [0.1, 0.15) is 17.4 Å². The van der Waals surface area contributed by atoms with Gasteiger partial charge in [0.15, 0.2) is 17.2 Å². The Hall–Kier alpha value is -4.14. The minimum atomic E-state index is -0.456. The first-order valence-corrected chi connectivity index (χ1v) is 9.68. The Morgan fingerprint density at radius 1 is 1.13 bits per heavy atom. The van der Waals surface area contributed by atoms with E-state index >= 15 is 0 Å². The van der Waals surface area contributed by atoms with Gasteiger partial charge >= 0.3 is 5.69 Å². The highest BCUT2D eigenvalue weighted by Crippen LogP contribution is 2.27. The lowest BCUT2D eigenvalue weighted by molar-refractivity contribution is 0.0960. The van der Waals surface area contributed by atoms with E-state index in [-0.39, 0.29) is 16.9 Å². The van der Waals surface area contributed by atoms with E-state index in [2.05, 4.69) is 20.3 Å². The number of fused-ring (bicyclic) bond motifs is 1. The molecule has 4 rings (SSSR count). The zero-order chi connectivity index (χ0) is 22.0. The molecule has 0 radical (unpaired) electrons. The van der Waals surface area contributed by atoms with Crippen LogP contribution in [0.25, 0.3) is 28.2 Å². The minimum absolute atomic E-state index is 0.0714. The van der Waals surface area contributed by atoms with E-state index in [1.807, 2.05) is 6.92 Å². The predicted molar refractivity (Wildman–Crippen MR) is 116 cm³/mol. The molecule has 9 heteroatoms. The number of nitrogens with one attached hydrogen (secondary N) is 2. The monoisotopic (exact) mass is 419 g/mol. The van der Waals surface area contributed by atoms with E-state index in [1.165, 1.54) is 18.7 Å². The Morgan fingerprint density at radius 2 is 1.87 bits per heavy atom. The zero-order valence-corrected chi connectivity index (χ0v) is 17.3. The molecule has 2 heterocycles. The second-order valence-electron chi connectivity index (χ2n) is 6.57. The van der Waals surface area contributed by atoms with E-state index in [0.717, 1.165) is 0 Å². The van der Waals surface area contributed by atoms with Crippen molar-refractivity contribution in [2.24, 2.45) is 0 Å². The van der Waals surface area contributed by atoms with Crippen molar-refractivity contribution in [1.82, 2.24) is 24.8 Å². The summed E-state index contributed by atoms with van der Waals surface area (Å²) in [5.41, 5.74) is 1.30. The van der Waals surface area contributed by atoms with Crippen LogP contribution in [0.3, 0.4) is 0 Å². The van der Waals surface area contributed by atoms with Gasteiger partial charge in [0.05, 0.1) is 19.4 Å². The van der Waals surface area contributed by atoms with Crippen LogP contribution >= 0.6 is 0 Å². The van der Waals surface area contributed by atoms with Crippen LogP contribution in [0.15, 0.2) is 53.3 Å². The Kier molecular flexibility index (Phi) is 5.40. The summed E-state index contributed by atoms with van der Waals surface area (Å²) in [7, 11) is 3.02. The van der Waals surface area contributed by atoms with Gasteiger partial charge in [-0.3, -0.25) is 4.79 Å². The number of imidazole rings is 1. The van der Waals surface area contributed by atoms with Crippen molar-refractivity contribution in [2.75, 3.05) is 20.8 Å². The Bertz CT molecular complexity index is 1310. The number of carbonyl (C=O) groups is 1. The van der Waals surface area contributed by atoms with Crippen LogP contribution in [-0.2, 0) is 0 Å². The van der Waals surface area contributed by atoms with E-state index in [4.69, 9.17) is 9.47 Å². The van der Waals surface area contributed by atoms with Gasteiger partial charge in [-0.1, -0.05) is 12.1 Å². The third kappa shape index (κ3) is 3.61. The largest absolute Gasteiger partial charge is 0.495 e. The fraction of sp³-hybridized carbons (Fsp3) is 0.182. The molecule has 0 atom stereocenters. The lowest BCUT2D eigenvalue weighted by Crippen LogP contribution is -2.20. The lowest BCUT2D eigenvalue weighted by atomic mass is 10.2. The van der Waals surface area contributed by atoms with Crippen LogP contribution in [0, 0.1) is 0 Å². The molecule has 2 aromatic carbocycles. The third-order valence-corrected chi connectivity index (χ3v) is 4.73. The second-order valence-corrected chi connectivity index (χ2v) is 6.57. The Balaban J connectivity index is 1.99. The van der Waals surface area contributed by atoms with Crippen LogP contribution < -0.4 is 20.5 Å². The predicted octanol–water partition coefficient (Wildman–Crippen LogP) is 2.54. The van der Waals surface area contributed by atoms with E-state index < -0.39 is 11.6 Å². The Morgan fingerprint density at radius 3 is 2.55 bits per heavy atom. The molecule has 0 aliphatic carbocycles. The first kappa shape index (κ1) is 20.1. The second kappa shape index (κ2) is 8.31. The van der Waals surface area contributed by atoms with Gasteiger partial charge in [-0.2, -0.15) is 0 Å². The molecule has 1 amide bonds. The SMILES string of the molecule is CCOc1ccc(-c2nc(C(=O)NC)c3[nH]c(=O)n(-c4ccccc4OC)c3n2)cc1. The van der Waals surface area contributed by atoms with Gasteiger partial charge in [0.25, 0.3) is 5.91 Å². The Labute approximate surface area is 177 Å². The molecule has 0 saturated carbocycles. The molecule has 4 aromatic rings. The van der Waals surface area contributed by atoms with Gasteiger partial charge in [0.2, 0.25) is 0 Å². The number of benzene rings is 2. The number of hydrogen-bond acceptors (Lipinski definition) is 6. The quantitative estimate of drug-likeness (QED) is 0.497. The van der Waals surface area contributed by atoms with Gasteiger partial charge in [-0.15, -0.1) is 0 Å². The van der Waals surface area contributed by atoms with Crippen molar-refractivity contribution < 1.29 is 14.3 Å². The highest BCUT2D eigenvalue weighted by atomic mass is 16.5. The molecule has 0 spiro atoms. The molecule has 2 aromatic heterocycles. The van der Waals surface area contributed by atoms with Gasteiger partial charge in [0, 0.05) is 12.6 Å². The molecule has 31 heavy (non-hydrogen) atoms. The van der Waals surface area contributed by atoms with Crippen molar-refractivity contribution >= 4 is 17.1 Å². The van der Waals surface area contributed by atoms with E-state index in [0.29, 0.717) is 35.2 Å². The molecular formula is C22H21N5O4. The molecule has 0 aliphatic rings. The highest BCUT2D eigenvalue weighted by Gasteiger charge is 2.22. The van der Waals surface area contributed by atoms with Crippen LogP contribution in [0.5, 0.6) is 11.5 Å². The van der Waals surface area contributed by atoms with Gasteiger partial charge in [-0.25, -0.2) is 19.3 Å². The molecule has 0 aliphatic heterocycles. The van der Waals surface area contributed by atoms with Crippen LogP contribution in [-0.4, -0.2) is 46.2 Å². The highest BCUT2D eigenvalue weighted by molar-refractivity contribution is 6.03. The summed E-state index contributed by atoms with van der Waals surface area (Å²) >= 11 is 0. The maximum Gasteiger partial charge on any atom is 0.332 e. The number of ether oxygens (including phenoxy) is 2. The fourth-order valence-corrected chi connectivity index (χ4v) is 3.30. The van der Waals surface area contributed by atoms with Crippen LogP contribution in [0.4, 0.5) is 0 Å². The fourth-order valence-electron chi connectivity index (χ4n) is 3.30. The summed E-state index contributed by atoms with van der Waals surface area (Å²) in [5, 5.41) is 2.56. The number of nitrogens with zero attached hydrogens (tertiary/aromatic N) is 3. The van der Waals surface area contributed by atoms with Crippen molar-refractivity contribution in [2.45, 2.75) is 6.92 Å². The number of rotatable bonds is 6.